The molecule has 31 heavy (non-hydrogen) atoms. The van der Waals surface area contributed by atoms with Crippen molar-refractivity contribution in [1.82, 2.24) is 14.5 Å². The number of carbonyl (C=O) groups excluding carboxylic acids is 1. The van der Waals surface area contributed by atoms with E-state index in [1.165, 1.54) is 6.07 Å². The summed E-state index contributed by atoms with van der Waals surface area (Å²) in [5.41, 5.74) is 2.39. The van der Waals surface area contributed by atoms with Crippen molar-refractivity contribution in [2.45, 2.75) is 31.7 Å². The monoisotopic (exact) mass is 423 g/mol. The van der Waals surface area contributed by atoms with Crippen LogP contribution in [0.3, 0.4) is 0 Å². The first-order chi connectivity index (χ1) is 15.1. The van der Waals surface area contributed by atoms with Gasteiger partial charge in [0.2, 0.25) is 0 Å². The van der Waals surface area contributed by atoms with Crippen molar-refractivity contribution < 1.29 is 19.1 Å². The molecule has 1 aliphatic heterocycles. The van der Waals surface area contributed by atoms with Gasteiger partial charge in [0, 0.05) is 19.2 Å². The summed E-state index contributed by atoms with van der Waals surface area (Å²) >= 11 is 0. The molecule has 1 fully saturated rings. The van der Waals surface area contributed by atoms with Crippen LogP contribution in [0.25, 0.3) is 11.4 Å². The average Bonchev–Trinajstić information content (AvgIpc) is 2.99. The van der Waals surface area contributed by atoms with E-state index in [2.05, 4.69) is 4.98 Å². The van der Waals surface area contributed by atoms with Crippen LogP contribution < -0.4 is 0 Å². The van der Waals surface area contributed by atoms with Crippen LogP contribution >= 0.6 is 0 Å². The van der Waals surface area contributed by atoms with Crippen LogP contribution in [0.15, 0.2) is 60.8 Å². The van der Waals surface area contributed by atoms with Crippen LogP contribution in [-0.2, 0) is 11.8 Å². The SMILES string of the molecule is Cn1c(C(=O)N2CCCCCC2c2cccc(F)c2)cnc1-c1ccccc1.O=CO. The maximum atomic E-state index is 13.8. The van der Waals surface area contributed by atoms with Gasteiger partial charge >= 0.3 is 0 Å². The Balaban J connectivity index is 0.000000858. The molecule has 0 spiro atoms. The molecule has 0 radical (unpaired) electrons. The molecule has 1 unspecified atom stereocenters. The largest absolute Gasteiger partial charge is 0.483 e. The number of hydrogen-bond donors (Lipinski definition) is 1. The Kier molecular flexibility index (Phi) is 7.54. The molecule has 162 valence electrons. The zero-order chi connectivity index (χ0) is 22.2. The fourth-order valence-electron chi connectivity index (χ4n) is 4.02. The van der Waals surface area contributed by atoms with Crippen molar-refractivity contribution in [3.63, 3.8) is 0 Å². The van der Waals surface area contributed by atoms with Crippen molar-refractivity contribution in [3.05, 3.63) is 77.9 Å². The maximum absolute atomic E-state index is 13.8. The standard InChI is InChI=1S/C23H24FN3O.CH2O2/c1-26-21(16-25-22(26)17-9-4-2-5-10-17)23(28)27-14-7-3-6-13-20(27)18-11-8-12-19(24)15-18;2-1-3/h2,4-5,8-12,15-16,20H,3,6-7,13-14H2,1H3;1H,(H,2,3). The minimum absolute atomic E-state index is 0.0478. The molecule has 6 nitrogen and oxygen atoms in total. The van der Waals surface area contributed by atoms with Crippen LogP contribution in [0, 0.1) is 5.82 Å². The molecule has 0 bridgehead atoms. The first-order valence-electron chi connectivity index (χ1n) is 10.3. The van der Waals surface area contributed by atoms with Gasteiger partial charge in [-0.25, -0.2) is 9.37 Å². The number of aromatic nitrogens is 2. The maximum Gasteiger partial charge on any atom is 0.290 e. The molecular weight excluding hydrogens is 397 g/mol. The van der Waals surface area contributed by atoms with E-state index in [1.54, 1.807) is 18.3 Å². The fraction of sp³-hybridized carbons (Fsp3) is 0.292. The van der Waals surface area contributed by atoms with E-state index in [4.69, 9.17) is 9.90 Å². The molecule has 1 saturated heterocycles. The second-order valence-electron chi connectivity index (χ2n) is 7.42. The number of imidazole rings is 1. The van der Waals surface area contributed by atoms with Gasteiger partial charge in [-0.05, 0) is 30.5 Å². The molecule has 1 aromatic heterocycles. The normalized spacial score (nSPS) is 16.1. The Hall–Kier alpha value is -3.48. The third-order valence-corrected chi connectivity index (χ3v) is 5.49. The Morgan fingerprint density at radius 3 is 2.58 bits per heavy atom. The number of amides is 1. The third-order valence-electron chi connectivity index (χ3n) is 5.49. The van der Waals surface area contributed by atoms with Gasteiger partial charge in [-0.1, -0.05) is 55.3 Å². The van der Waals surface area contributed by atoms with Gasteiger partial charge in [-0.15, -0.1) is 0 Å². The Bertz CT molecular complexity index is 1020. The number of nitrogens with zero attached hydrogens (tertiary/aromatic N) is 3. The molecule has 2 heterocycles. The number of carboxylic acid groups (broad SMARTS) is 1. The van der Waals surface area contributed by atoms with E-state index in [0.29, 0.717) is 12.2 Å². The van der Waals surface area contributed by atoms with Gasteiger partial charge in [0.1, 0.15) is 17.3 Å². The van der Waals surface area contributed by atoms with Crippen LogP contribution in [0.5, 0.6) is 0 Å². The predicted molar refractivity (Wildman–Crippen MR) is 116 cm³/mol. The van der Waals surface area contributed by atoms with Gasteiger partial charge in [-0.3, -0.25) is 9.59 Å². The molecule has 4 rings (SSSR count). The lowest BCUT2D eigenvalue weighted by Gasteiger charge is -2.30. The number of halogens is 1. The molecule has 1 amide bonds. The topological polar surface area (TPSA) is 75.4 Å². The minimum Gasteiger partial charge on any atom is -0.483 e. The quantitative estimate of drug-likeness (QED) is 0.621. The first-order valence-corrected chi connectivity index (χ1v) is 10.3. The third kappa shape index (κ3) is 5.17. The molecule has 1 atom stereocenters. The van der Waals surface area contributed by atoms with Crippen LogP contribution in [-0.4, -0.2) is 38.5 Å². The summed E-state index contributed by atoms with van der Waals surface area (Å²) in [7, 11) is 1.87. The van der Waals surface area contributed by atoms with Crippen LogP contribution in [0.1, 0.15) is 47.8 Å². The smallest absolute Gasteiger partial charge is 0.290 e. The molecule has 2 aromatic carbocycles. The van der Waals surface area contributed by atoms with Crippen molar-refractivity contribution in [2.75, 3.05) is 6.54 Å². The van der Waals surface area contributed by atoms with Crippen molar-refractivity contribution in [1.29, 1.82) is 0 Å². The summed E-state index contributed by atoms with van der Waals surface area (Å²) in [6, 6.07) is 16.4. The van der Waals surface area contributed by atoms with Gasteiger partial charge in [0.25, 0.3) is 12.4 Å². The van der Waals surface area contributed by atoms with E-state index < -0.39 is 0 Å². The van der Waals surface area contributed by atoms with Crippen LogP contribution in [0.4, 0.5) is 4.39 Å². The molecule has 3 aromatic rings. The van der Waals surface area contributed by atoms with Gasteiger partial charge < -0.3 is 14.6 Å². The summed E-state index contributed by atoms with van der Waals surface area (Å²) in [6.07, 6.45) is 5.57. The van der Waals surface area contributed by atoms with Gasteiger partial charge in [0.15, 0.2) is 0 Å². The van der Waals surface area contributed by atoms with Gasteiger partial charge in [-0.2, -0.15) is 0 Å². The fourth-order valence-corrected chi connectivity index (χ4v) is 4.02. The average molecular weight is 423 g/mol. The van der Waals surface area contributed by atoms with Crippen LogP contribution in [0.2, 0.25) is 0 Å². The molecule has 0 aliphatic carbocycles. The Labute approximate surface area is 181 Å². The highest BCUT2D eigenvalue weighted by Crippen LogP contribution is 2.32. The minimum atomic E-state index is -0.263. The second kappa shape index (κ2) is 10.5. The highest BCUT2D eigenvalue weighted by molar-refractivity contribution is 5.93. The lowest BCUT2D eigenvalue weighted by Crippen LogP contribution is -2.36. The number of hydrogen-bond acceptors (Lipinski definition) is 3. The predicted octanol–water partition coefficient (Wildman–Crippen LogP) is 4.68. The molecule has 1 aliphatic rings. The van der Waals surface area contributed by atoms with E-state index in [1.807, 2.05) is 52.9 Å². The van der Waals surface area contributed by atoms with Crippen molar-refractivity contribution in [3.8, 4) is 11.4 Å². The summed E-state index contributed by atoms with van der Waals surface area (Å²) in [5.74, 6) is 0.454. The number of carbonyl (C=O) groups is 2. The molecular formula is C24H26FN3O3. The first kappa shape index (κ1) is 22.2. The van der Waals surface area contributed by atoms with E-state index in [0.717, 1.165) is 42.6 Å². The van der Waals surface area contributed by atoms with Crippen molar-refractivity contribution >= 4 is 12.4 Å². The number of benzene rings is 2. The summed E-state index contributed by atoms with van der Waals surface area (Å²) in [4.78, 5) is 28.2. The molecule has 7 heteroatoms. The van der Waals surface area contributed by atoms with Gasteiger partial charge in [0.05, 0.1) is 12.2 Å². The number of likely N-dealkylation sites (tertiary alicyclic amines) is 1. The summed E-state index contributed by atoms with van der Waals surface area (Å²) < 4.78 is 15.7. The zero-order valence-electron chi connectivity index (χ0n) is 17.4. The lowest BCUT2D eigenvalue weighted by atomic mass is 10.0. The van der Waals surface area contributed by atoms with E-state index >= 15 is 0 Å². The molecule has 0 saturated carbocycles. The lowest BCUT2D eigenvalue weighted by molar-refractivity contribution is -0.122. The van der Waals surface area contributed by atoms with E-state index in [-0.39, 0.29) is 24.2 Å². The highest BCUT2D eigenvalue weighted by atomic mass is 19.1. The molecule has 1 N–H and O–H groups in total. The Morgan fingerprint density at radius 2 is 1.87 bits per heavy atom. The summed E-state index contributed by atoms with van der Waals surface area (Å²) in [6.45, 7) is 0.422. The Morgan fingerprint density at radius 1 is 1.13 bits per heavy atom. The zero-order valence-corrected chi connectivity index (χ0v) is 17.4. The van der Waals surface area contributed by atoms with Crippen molar-refractivity contribution in [2.24, 2.45) is 7.05 Å². The van der Waals surface area contributed by atoms with E-state index in [9.17, 15) is 9.18 Å². The number of rotatable bonds is 3. The summed E-state index contributed by atoms with van der Waals surface area (Å²) in [5, 5.41) is 6.89. The highest BCUT2D eigenvalue weighted by Gasteiger charge is 2.29. The second-order valence-corrected chi connectivity index (χ2v) is 7.42.